The van der Waals surface area contributed by atoms with Crippen LogP contribution in [-0.2, 0) is 51.2 Å². The van der Waals surface area contributed by atoms with E-state index in [4.69, 9.17) is 69.5 Å². The predicted octanol–water partition coefficient (Wildman–Crippen LogP) is -2.38. The van der Waals surface area contributed by atoms with Gasteiger partial charge >= 0.3 is 47.8 Å². The molecule has 0 saturated heterocycles. The number of benzene rings is 1. The van der Waals surface area contributed by atoms with E-state index in [0.717, 1.165) is 17.7 Å². The number of nitrogens with zero attached hydrogens (tertiary/aromatic N) is 1. The van der Waals surface area contributed by atoms with Crippen molar-refractivity contribution in [3.05, 3.63) is 54.1 Å². The van der Waals surface area contributed by atoms with Gasteiger partial charge in [-0.05, 0) is 24.3 Å². The smallest absolute Gasteiger partial charge is 0.321 e. The number of carboxylic acid groups (broad SMARTS) is 8. The molecule has 0 aliphatic rings. The molecule has 1 aromatic heterocycles. The number of carboxylic acids is 8. The molecule has 0 amide bonds. The summed E-state index contributed by atoms with van der Waals surface area (Å²) in [6.07, 6.45) is 3.78. The molecule has 6 atom stereocenters. The second kappa shape index (κ2) is 33.5. The van der Waals surface area contributed by atoms with Crippen LogP contribution in [-0.4, -0.2) is 135 Å². The summed E-state index contributed by atoms with van der Waals surface area (Å²) in [5.74, 6) is -8.46. The van der Waals surface area contributed by atoms with E-state index < -0.39 is 84.4 Å². The zero-order chi connectivity index (χ0) is 44.6. The quantitative estimate of drug-likeness (QED) is 0.0793. The number of nitrogens with one attached hydrogen (secondary N) is 1. The average Bonchev–Trinajstić information content (AvgIpc) is 3.64. The summed E-state index contributed by atoms with van der Waals surface area (Å²) in [5, 5.41) is 65.2. The minimum absolute atomic E-state index is 0.0231. The fourth-order valence-corrected chi connectivity index (χ4v) is 2.85. The van der Waals surface area contributed by atoms with Crippen LogP contribution in [0.5, 0.6) is 0 Å². The van der Waals surface area contributed by atoms with Gasteiger partial charge in [0.1, 0.15) is 30.2 Å². The zero-order valence-corrected chi connectivity index (χ0v) is 30.7. The largest absolute Gasteiger partial charge is 0.481 e. The van der Waals surface area contributed by atoms with Gasteiger partial charge in [0.05, 0.1) is 19.3 Å². The second-order valence-corrected chi connectivity index (χ2v) is 11.1. The molecule has 0 spiro atoms. The molecule has 1 heterocycles. The Morgan fingerprint density at radius 3 is 1.38 bits per heavy atom. The molecule has 0 saturated carbocycles. The highest BCUT2D eigenvalue weighted by atomic mass is 16.4. The number of nitrogens with two attached hydrogens (primary N) is 6. The molecule has 0 aliphatic heterocycles. The zero-order valence-electron chi connectivity index (χ0n) is 30.7. The SMILES string of the molecule is CCC(C)C(N)C(=O)O.NC(CC(=O)O)C(=O)O.NC(CCC(=O)O)C(=O)O.NC(Cc1ccccc1)C(=O)O.NC(Cc1cnc[nH]1)C(=O)O.NCC(=O)O. The molecule has 24 heteroatoms. The Balaban J connectivity index is -0.000000294. The Labute approximate surface area is 320 Å². The van der Waals surface area contributed by atoms with Gasteiger partial charge in [0.15, 0.2) is 0 Å². The van der Waals surface area contributed by atoms with Gasteiger partial charge in [-0.3, -0.25) is 38.4 Å². The van der Waals surface area contributed by atoms with Crippen molar-refractivity contribution < 1.29 is 79.2 Å². The molecule has 0 bridgehead atoms. The van der Waals surface area contributed by atoms with Gasteiger partial charge in [-0.25, -0.2) is 4.98 Å². The van der Waals surface area contributed by atoms with E-state index in [1.807, 2.05) is 44.2 Å². The number of aromatic amines is 1. The summed E-state index contributed by atoms with van der Waals surface area (Å²) < 4.78 is 0. The maximum Gasteiger partial charge on any atom is 0.321 e. The number of carbonyl (C=O) groups is 8. The van der Waals surface area contributed by atoms with Crippen LogP contribution in [0.25, 0.3) is 0 Å². The lowest BCUT2D eigenvalue weighted by atomic mass is 10.0. The normalized spacial score (nSPS) is 12.8. The van der Waals surface area contributed by atoms with Crippen LogP contribution in [0.4, 0.5) is 0 Å². The van der Waals surface area contributed by atoms with Crippen molar-refractivity contribution in [3.63, 3.8) is 0 Å². The predicted molar refractivity (Wildman–Crippen MR) is 196 cm³/mol. The fraction of sp³-hybridized carbons (Fsp3) is 0.469. The first-order valence-electron chi connectivity index (χ1n) is 16.1. The number of aliphatic carboxylic acids is 8. The number of hydrogen-bond acceptors (Lipinski definition) is 15. The first kappa shape index (κ1) is 56.7. The highest BCUT2D eigenvalue weighted by molar-refractivity contribution is 5.80. The van der Waals surface area contributed by atoms with Crippen LogP contribution in [0.15, 0.2) is 42.9 Å². The summed E-state index contributed by atoms with van der Waals surface area (Å²) in [7, 11) is 0. The summed E-state index contributed by atoms with van der Waals surface area (Å²) in [6, 6.07) is 4.64. The van der Waals surface area contributed by atoms with E-state index >= 15 is 0 Å². The Hall–Kier alpha value is -6.05. The highest BCUT2D eigenvalue weighted by Gasteiger charge is 2.17. The molecule has 0 fully saturated rings. The van der Waals surface area contributed by atoms with Crippen molar-refractivity contribution in [2.75, 3.05) is 6.54 Å². The van der Waals surface area contributed by atoms with Gasteiger partial charge in [0, 0.05) is 24.7 Å². The average molecular weight is 807 g/mol. The molecule has 24 nitrogen and oxygen atoms in total. The summed E-state index contributed by atoms with van der Waals surface area (Å²) >= 11 is 0. The molecule has 2 rings (SSSR count). The van der Waals surface area contributed by atoms with Crippen LogP contribution in [0.3, 0.4) is 0 Å². The van der Waals surface area contributed by atoms with Gasteiger partial charge in [0.2, 0.25) is 0 Å². The fourth-order valence-electron chi connectivity index (χ4n) is 2.85. The lowest BCUT2D eigenvalue weighted by Gasteiger charge is -2.11. The molecule has 0 aliphatic carbocycles. The third-order valence-corrected chi connectivity index (χ3v) is 6.34. The first-order chi connectivity index (χ1) is 25.8. The van der Waals surface area contributed by atoms with Crippen molar-refractivity contribution in [2.45, 2.75) is 82.6 Å². The Morgan fingerprint density at radius 1 is 0.643 bits per heavy atom. The first-order valence-corrected chi connectivity index (χ1v) is 16.1. The minimum atomic E-state index is -1.29. The molecular weight excluding hydrogens is 752 g/mol. The van der Waals surface area contributed by atoms with Crippen molar-refractivity contribution in [2.24, 2.45) is 40.3 Å². The Kier molecular flexibility index (Phi) is 33.9. The van der Waals surface area contributed by atoms with Crippen LogP contribution in [0.1, 0.15) is 50.8 Å². The maximum atomic E-state index is 10.4. The van der Waals surface area contributed by atoms with Crippen LogP contribution >= 0.6 is 0 Å². The molecule has 0 radical (unpaired) electrons. The number of H-pyrrole nitrogens is 1. The van der Waals surface area contributed by atoms with Crippen LogP contribution in [0.2, 0.25) is 0 Å². The van der Waals surface area contributed by atoms with Gasteiger partial charge in [-0.2, -0.15) is 0 Å². The second-order valence-electron chi connectivity index (χ2n) is 11.1. The summed E-state index contributed by atoms with van der Waals surface area (Å²) in [4.78, 5) is 86.1. The monoisotopic (exact) mass is 806 g/mol. The van der Waals surface area contributed by atoms with Gasteiger partial charge in [0.25, 0.3) is 0 Å². The molecular formula is C32H54N8O16. The van der Waals surface area contributed by atoms with Gasteiger partial charge in [-0.15, -0.1) is 0 Å². The number of imidazole rings is 1. The maximum absolute atomic E-state index is 10.4. The van der Waals surface area contributed by atoms with E-state index in [-0.39, 0.29) is 31.7 Å². The third kappa shape index (κ3) is 36.3. The van der Waals surface area contributed by atoms with Crippen molar-refractivity contribution in [3.8, 4) is 0 Å². The lowest BCUT2D eigenvalue weighted by molar-refractivity contribution is -0.144. The van der Waals surface area contributed by atoms with Crippen LogP contribution < -0.4 is 34.4 Å². The van der Waals surface area contributed by atoms with E-state index in [9.17, 15) is 38.4 Å². The van der Waals surface area contributed by atoms with Crippen molar-refractivity contribution in [1.82, 2.24) is 9.97 Å². The molecule has 1 aromatic carbocycles. The van der Waals surface area contributed by atoms with Crippen molar-refractivity contribution in [1.29, 1.82) is 0 Å². The number of hydrogen-bond donors (Lipinski definition) is 15. The van der Waals surface area contributed by atoms with Gasteiger partial charge < -0.3 is 80.2 Å². The Morgan fingerprint density at radius 2 is 1.09 bits per heavy atom. The lowest BCUT2D eigenvalue weighted by Crippen LogP contribution is -2.36. The summed E-state index contributed by atoms with van der Waals surface area (Å²) in [6.45, 7) is 3.48. The van der Waals surface area contributed by atoms with Gasteiger partial charge in [-0.1, -0.05) is 50.6 Å². The molecule has 318 valence electrons. The topological polar surface area (TPSA) is 483 Å². The highest BCUT2D eigenvalue weighted by Crippen LogP contribution is 2.04. The van der Waals surface area contributed by atoms with E-state index in [1.54, 1.807) is 6.20 Å². The van der Waals surface area contributed by atoms with E-state index in [1.165, 1.54) is 6.33 Å². The number of aromatic nitrogens is 2. The molecule has 56 heavy (non-hydrogen) atoms. The van der Waals surface area contributed by atoms with Crippen LogP contribution in [0, 0.1) is 5.92 Å². The van der Waals surface area contributed by atoms with E-state index in [0.29, 0.717) is 6.42 Å². The van der Waals surface area contributed by atoms with E-state index in [2.05, 4.69) is 15.7 Å². The molecule has 21 N–H and O–H groups in total. The minimum Gasteiger partial charge on any atom is -0.481 e. The molecule has 2 aromatic rings. The standard InChI is InChI=1S/C9H11NO2.C6H9N3O2.C6H13NO2.C5H9NO4.C4H7NO4.C2H5NO2/c10-8(9(11)12)6-7-4-2-1-3-5-7;7-5(6(10)11)1-4-2-8-3-9-4;1-3-4(2)5(7)6(8)9;6-3(5(9)10)1-2-4(7)8;5-2(4(8)9)1-3(6)7;3-1-2(4)5/h1-5,8H,6,10H2,(H,11,12);2-3,5H,1,7H2,(H,8,9)(H,10,11);4-5H,3,7H2,1-2H3,(H,8,9);3H,1-2,6H2,(H,7,8)(H,9,10);2H,1,5H2,(H,6,7)(H,8,9);1,3H2,(H,4,5). The third-order valence-electron chi connectivity index (χ3n) is 6.34. The molecule has 6 unspecified atom stereocenters. The summed E-state index contributed by atoms with van der Waals surface area (Å²) in [5.41, 5.74) is 32.0. The van der Waals surface area contributed by atoms with Crippen molar-refractivity contribution >= 4 is 47.8 Å². The number of rotatable bonds is 17. The Bertz CT molecular complexity index is 1450.